The summed E-state index contributed by atoms with van der Waals surface area (Å²) in [6.07, 6.45) is 0.926. The number of hydrogen-bond acceptors (Lipinski definition) is 5. The van der Waals surface area contributed by atoms with Gasteiger partial charge in [-0.15, -0.1) is 0 Å². The second kappa shape index (κ2) is 9.26. The van der Waals surface area contributed by atoms with Crippen molar-refractivity contribution >= 4 is 34.5 Å². The molecule has 5 nitrogen and oxygen atoms in total. The maximum atomic E-state index is 12.6. The number of nitrogen functional groups attached to an aromatic ring is 2. The maximum Gasteiger partial charge on any atom is 0.165 e. The predicted octanol–water partition coefficient (Wildman–Crippen LogP) is 5.53. The minimum atomic E-state index is -0.130. The largest absolute Gasteiger partial charge is 0.455 e. The van der Waals surface area contributed by atoms with Crippen LogP contribution in [0.2, 0.25) is 5.02 Å². The summed E-state index contributed by atoms with van der Waals surface area (Å²) in [5, 5.41) is 0.600. The van der Waals surface area contributed by atoms with E-state index >= 15 is 0 Å². The fourth-order valence-corrected chi connectivity index (χ4v) is 2.99. The van der Waals surface area contributed by atoms with Gasteiger partial charge in [0.25, 0.3) is 0 Å². The molecular formula is C23H21ClN2O3. The molecule has 0 bridgehead atoms. The summed E-state index contributed by atoms with van der Waals surface area (Å²) in [5.74, 6) is 0.815. The molecule has 0 heterocycles. The third-order valence-corrected chi connectivity index (χ3v) is 4.70. The molecule has 0 aliphatic rings. The molecule has 3 aromatic carbocycles. The van der Waals surface area contributed by atoms with E-state index in [1.807, 2.05) is 0 Å². The molecule has 0 atom stereocenters. The molecule has 0 fully saturated rings. The number of hydrogen-bond donors (Lipinski definition) is 2. The summed E-state index contributed by atoms with van der Waals surface area (Å²) in [5.41, 5.74) is 13.6. The Bertz CT molecular complexity index is 1020. The van der Waals surface area contributed by atoms with Crippen molar-refractivity contribution < 1.29 is 14.3 Å². The number of carbonyl (C=O) groups is 2. The van der Waals surface area contributed by atoms with Crippen molar-refractivity contribution in [3.05, 3.63) is 82.9 Å². The molecule has 29 heavy (non-hydrogen) atoms. The van der Waals surface area contributed by atoms with Gasteiger partial charge in [-0.1, -0.05) is 17.7 Å². The number of Topliss-reactive ketones (excluding diaryl/α,β-unsaturated/α-hetero) is 2. The second-order valence-corrected chi connectivity index (χ2v) is 7.03. The Balaban J connectivity index is 1.61. The van der Waals surface area contributed by atoms with E-state index < -0.39 is 0 Å². The average molecular weight is 409 g/mol. The number of benzene rings is 3. The first-order valence-corrected chi connectivity index (χ1v) is 9.55. The third-order valence-electron chi connectivity index (χ3n) is 4.45. The fraction of sp³-hybridized carbons (Fsp3) is 0.130. The van der Waals surface area contributed by atoms with Crippen LogP contribution < -0.4 is 16.2 Å². The van der Waals surface area contributed by atoms with Crippen molar-refractivity contribution in [3.8, 4) is 11.5 Å². The van der Waals surface area contributed by atoms with Crippen LogP contribution in [0.3, 0.4) is 0 Å². The fourth-order valence-electron chi connectivity index (χ4n) is 2.86. The first-order chi connectivity index (χ1) is 13.9. The Morgan fingerprint density at radius 2 is 1.48 bits per heavy atom. The summed E-state index contributed by atoms with van der Waals surface area (Å²) in [4.78, 5) is 24.8. The first kappa shape index (κ1) is 20.4. The molecule has 0 saturated heterocycles. The van der Waals surface area contributed by atoms with Crippen LogP contribution in [0.4, 0.5) is 11.4 Å². The molecule has 6 heteroatoms. The Morgan fingerprint density at radius 3 is 2.17 bits per heavy atom. The van der Waals surface area contributed by atoms with E-state index in [1.54, 1.807) is 66.7 Å². The molecule has 0 amide bonds. The smallest absolute Gasteiger partial charge is 0.165 e. The number of ether oxygens (including phenoxy) is 1. The highest BCUT2D eigenvalue weighted by molar-refractivity contribution is 6.30. The monoisotopic (exact) mass is 408 g/mol. The molecule has 0 spiro atoms. The zero-order valence-corrected chi connectivity index (χ0v) is 16.5. The summed E-state index contributed by atoms with van der Waals surface area (Å²) < 4.78 is 5.76. The molecule has 148 valence electrons. The van der Waals surface area contributed by atoms with Crippen LogP contribution >= 0.6 is 11.6 Å². The van der Waals surface area contributed by atoms with E-state index in [1.165, 1.54) is 0 Å². The molecular weight excluding hydrogens is 388 g/mol. The molecule has 0 radical (unpaired) electrons. The first-order valence-electron chi connectivity index (χ1n) is 9.18. The normalized spacial score (nSPS) is 10.5. The van der Waals surface area contributed by atoms with E-state index in [4.69, 9.17) is 27.8 Å². The molecule has 3 rings (SSSR count). The van der Waals surface area contributed by atoms with Crippen molar-refractivity contribution in [3.63, 3.8) is 0 Å². The summed E-state index contributed by atoms with van der Waals surface area (Å²) in [6.45, 7) is 0. The van der Waals surface area contributed by atoms with E-state index in [0.29, 0.717) is 39.8 Å². The van der Waals surface area contributed by atoms with Gasteiger partial charge < -0.3 is 16.2 Å². The SMILES string of the molecule is Nc1ccc(C(=O)CCCC(=O)c2cccc(Oc3ccc(Cl)cc3)c2N)cc1. The van der Waals surface area contributed by atoms with Crippen molar-refractivity contribution in [1.82, 2.24) is 0 Å². The Hall–Kier alpha value is -3.31. The lowest BCUT2D eigenvalue weighted by Gasteiger charge is -2.12. The Kier molecular flexibility index (Phi) is 6.52. The summed E-state index contributed by atoms with van der Waals surface area (Å²) >= 11 is 5.87. The summed E-state index contributed by atoms with van der Waals surface area (Å²) in [7, 11) is 0. The maximum absolute atomic E-state index is 12.6. The van der Waals surface area contributed by atoms with Gasteiger partial charge in [-0.25, -0.2) is 0 Å². The van der Waals surface area contributed by atoms with Crippen molar-refractivity contribution in [2.45, 2.75) is 19.3 Å². The van der Waals surface area contributed by atoms with Gasteiger partial charge in [-0.3, -0.25) is 9.59 Å². The highest BCUT2D eigenvalue weighted by atomic mass is 35.5. The molecule has 0 aliphatic heterocycles. The summed E-state index contributed by atoms with van der Waals surface area (Å²) in [6, 6.07) is 18.7. The van der Waals surface area contributed by atoms with Gasteiger partial charge in [0.15, 0.2) is 17.3 Å². The van der Waals surface area contributed by atoms with Gasteiger partial charge in [0.05, 0.1) is 5.69 Å². The van der Waals surface area contributed by atoms with E-state index in [0.717, 1.165) is 0 Å². The van der Waals surface area contributed by atoms with Crippen molar-refractivity contribution in [2.75, 3.05) is 11.5 Å². The lowest BCUT2D eigenvalue weighted by Crippen LogP contribution is -2.07. The van der Waals surface area contributed by atoms with Gasteiger partial charge in [-0.05, 0) is 67.1 Å². The molecule has 0 aliphatic carbocycles. The molecule has 3 aromatic rings. The minimum absolute atomic E-state index is 0.0226. The standard InChI is InChI=1S/C23H21ClN2O3/c24-16-9-13-18(14-10-16)29-22-6-1-3-19(23(22)26)21(28)5-2-4-20(27)15-7-11-17(25)12-8-15/h1,3,6-14H,2,4-5,25-26H2. The second-order valence-electron chi connectivity index (χ2n) is 6.60. The van der Waals surface area contributed by atoms with E-state index in [9.17, 15) is 9.59 Å². The zero-order chi connectivity index (χ0) is 20.8. The molecule has 0 unspecified atom stereocenters. The van der Waals surface area contributed by atoms with Gasteiger partial charge in [-0.2, -0.15) is 0 Å². The van der Waals surface area contributed by atoms with E-state index in [2.05, 4.69) is 0 Å². The minimum Gasteiger partial charge on any atom is -0.455 e. The topological polar surface area (TPSA) is 95.4 Å². The number of nitrogens with two attached hydrogens (primary N) is 2. The number of para-hydroxylation sites is 1. The quantitative estimate of drug-likeness (QED) is 0.377. The number of rotatable bonds is 8. The third kappa shape index (κ3) is 5.36. The van der Waals surface area contributed by atoms with Crippen LogP contribution in [0.25, 0.3) is 0 Å². The van der Waals surface area contributed by atoms with E-state index in [-0.39, 0.29) is 30.1 Å². The van der Waals surface area contributed by atoms with Gasteiger partial charge >= 0.3 is 0 Å². The number of halogens is 1. The van der Waals surface area contributed by atoms with Crippen molar-refractivity contribution in [1.29, 1.82) is 0 Å². The predicted molar refractivity (Wildman–Crippen MR) is 116 cm³/mol. The van der Waals surface area contributed by atoms with Crippen LogP contribution in [-0.4, -0.2) is 11.6 Å². The zero-order valence-electron chi connectivity index (χ0n) is 15.7. The van der Waals surface area contributed by atoms with Gasteiger partial charge in [0.1, 0.15) is 5.75 Å². The van der Waals surface area contributed by atoms with Crippen LogP contribution in [-0.2, 0) is 0 Å². The lowest BCUT2D eigenvalue weighted by atomic mass is 10.0. The molecule has 4 N–H and O–H groups in total. The van der Waals surface area contributed by atoms with Gasteiger partial charge in [0.2, 0.25) is 0 Å². The highest BCUT2D eigenvalue weighted by Gasteiger charge is 2.15. The average Bonchev–Trinajstić information content (AvgIpc) is 2.71. The number of anilines is 2. The van der Waals surface area contributed by atoms with Crippen molar-refractivity contribution in [2.24, 2.45) is 0 Å². The van der Waals surface area contributed by atoms with Gasteiger partial charge in [0, 0.05) is 34.7 Å². The Morgan fingerprint density at radius 1 is 0.828 bits per heavy atom. The number of carbonyl (C=O) groups excluding carboxylic acids is 2. The Labute approximate surface area is 174 Å². The van der Waals surface area contributed by atoms with Crippen LogP contribution in [0.15, 0.2) is 66.7 Å². The van der Waals surface area contributed by atoms with Crippen LogP contribution in [0.1, 0.15) is 40.0 Å². The lowest BCUT2D eigenvalue weighted by molar-refractivity contribution is 0.0957. The van der Waals surface area contributed by atoms with Crippen LogP contribution in [0, 0.1) is 0 Å². The number of ketones is 2. The van der Waals surface area contributed by atoms with Crippen LogP contribution in [0.5, 0.6) is 11.5 Å². The molecule has 0 saturated carbocycles. The highest BCUT2D eigenvalue weighted by Crippen LogP contribution is 2.31. The molecule has 0 aromatic heterocycles.